The fourth-order valence-electron chi connectivity index (χ4n) is 0.235. The second kappa shape index (κ2) is 5.83. The summed E-state index contributed by atoms with van der Waals surface area (Å²) in [5.41, 5.74) is 0. The van der Waals surface area contributed by atoms with Crippen LogP contribution in [0.1, 0.15) is 6.42 Å². The van der Waals surface area contributed by atoms with E-state index in [4.69, 9.17) is 0 Å². The minimum Gasteiger partial charge on any atom is -0.134 e. The second-order valence-corrected chi connectivity index (χ2v) is 2.19. The first kappa shape index (κ1) is 6.83. The average molecular weight is 114 g/mol. The summed E-state index contributed by atoms with van der Waals surface area (Å²) in [4.78, 5) is 0. The lowest BCUT2D eigenvalue weighted by Gasteiger charge is -1.84. The predicted octanol–water partition coefficient (Wildman–Crippen LogP) is 2.44. The van der Waals surface area contributed by atoms with Crippen LogP contribution < -0.4 is 0 Å². The molecule has 1 heteroatoms. The van der Waals surface area contributed by atoms with Gasteiger partial charge in [-0.05, 0) is 11.8 Å². The highest BCUT2D eigenvalue weighted by atomic mass is 32.2. The lowest BCUT2D eigenvalue weighted by Crippen LogP contribution is -1.66. The van der Waals surface area contributed by atoms with E-state index >= 15 is 0 Å². The third kappa shape index (κ3) is 5.83. The van der Waals surface area contributed by atoms with Crippen LogP contribution in [-0.2, 0) is 0 Å². The normalized spacial score (nSPS) is 8.00. The number of rotatable bonds is 4. The van der Waals surface area contributed by atoms with E-state index in [0.29, 0.717) is 0 Å². The Kier molecular flexibility index (Phi) is 5.69. The molecule has 0 aliphatic heterocycles. The zero-order valence-electron chi connectivity index (χ0n) is 4.39. The summed E-state index contributed by atoms with van der Waals surface area (Å²) >= 11 is 1.73. The number of hydrogen-bond donors (Lipinski definition) is 0. The minimum atomic E-state index is 1.08. The standard InChI is InChI=1S/C6H10S/c1-3-5-6-7-4-2/h3-4H,1-2,5-6H2. The highest BCUT2D eigenvalue weighted by Gasteiger charge is 1.74. The number of allylic oxidation sites excluding steroid dienone is 1. The molecule has 0 aromatic heterocycles. The number of hydrogen-bond acceptors (Lipinski definition) is 1. The van der Waals surface area contributed by atoms with Crippen molar-refractivity contribution in [2.45, 2.75) is 6.42 Å². The minimum absolute atomic E-state index is 1.08. The fourth-order valence-corrected chi connectivity index (χ4v) is 0.704. The topological polar surface area (TPSA) is 0 Å². The molecule has 0 aliphatic carbocycles. The maximum atomic E-state index is 3.58. The first-order valence-corrected chi connectivity index (χ1v) is 3.30. The first-order chi connectivity index (χ1) is 3.41. The molecule has 40 valence electrons. The van der Waals surface area contributed by atoms with Gasteiger partial charge in [0, 0.05) is 5.75 Å². The van der Waals surface area contributed by atoms with Crippen molar-refractivity contribution in [3.8, 4) is 0 Å². The van der Waals surface area contributed by atoms with E-state index < -0.39 is 0 Å². The van der Waals surface area contributed by atoms with Crippen molar-refractivity contribution in [2.24, 2.45) is 0 Å². The summed E-state index contributed by atoms with van der Waals surface area (Å²) in [6, 6.07) is 0. The molecule has 0 nitrogen and oxygen atoms in total. The summed E-state index contributed by atoms with van der Waals surface area (Å²) in [5, 5.41) is 1.85. The van der Waals surface area contributed by atoms with Gasteiger partial charge in [-0.15, -0.1) is 18.3 Å². The molecule has 0 N–H and O–H groups in total. The Balaban J connectivity index is 2.68. The molecule has 0 aromatic rings. The molecule has 0 saturated heterocycles. The largest absolute Gasteiger partial charge is 0.134 e. The Morgan fingerprint density at radius 3 is 2.57 bits per heavy atom. The highest BCUT2D eigenvalue weighted by molar-refractivity contribution is 8.02. The van der Waals surface area contributed by atoms with Crippen molar-refractivity contribution >= 4 is 11.8 Å². The third-order valence-corrected chi connectivity index (χ3v) is 1.26. The molecule has 0 aromatic carbocycles. The molecule has 7 heavy (non-hydrogen) atoms. The van der Waals surface area contributed by atoms with Gasteiger partial charge in [-0.1, -0.05) is 12.7 Å². The van der Waals surface area contributed by atoms with Gasteiger partial charge in [-0.3, -0.25) is 0 Å². The van der Waals surface area contributed by atoms with Gasteiger partial charge in [0.1, 0.15) is 0 Å². The van der Waals surface area contributed by atoms with Crippen molar-refractivity contribution in [3.05, 3.63) is 24.6 Å². The third-order valence-electron chi connectivity index (χ3n) is 0.558. The van der Waals surface area contributed by atoms with E-state index in [9.17, 15) is 0 Å². The second-order valence-electron chi connectivity index (χ2n) is 1.11. The van der Waals surface area contributed by atoms with Crippen molar-refractivity contribution in [1.29, 1.82) is 0 Å². The van der Waals surface area contributed by atoms with E-state index in [2.05, 4.69) is 13.2 Å². The smallest absolute Gasteiger partial charge is 0.000834 e. The zero-order valence-corrected chi connectivity index (χ0v) is 5.21. The van der Waals surface area contributed by atoms with Crippen LogP contribution in [0.5, 0.6) is 0 Å². The molecular formula is C6H10S. The van der Waals surface area contributed by atoms with Crippen LogP contribution in [-0.4, -0.2) is 5.75 Å². The van der Waals surface area contributed by atoms with Crippen molar-refractivity contribution < 1.29 is 0 Å². The van der Waals surface area contributed by atoms with E-state index in [1.54, 1.807) is 11.8 Å². The Morgan fingerprint density at radius 1 is 1.43 bits per heavy atom. The van der Waals surface area contributed by atoms with Crippen molar-refractivity contribution in [1.82, 2.24) is 0 Å². The van der Waals surface area contributed by atoms with Crippen LogP contribution in [0.15, 0.2) is 24.6 Å². The monoisotopic (exact) mass is 114 g/mol. The number of thioether (sulfide) groups is 1. The molecule has 0 heterocycles. The molecule has 0 amide bonds. The Morgan fingerprint density at radius 2 is 2.14 bits per heavy atom. The molecular weight excluding hydrogens is 104 g/mol. The Bertz CT molecular complexity index is 49.2. The molecule has 0 aliphatic rings. The molecule has 0 rings (SSSR count). The van der Waals surface area contributed by atoms with Crippen LogP contribution in [0, 0.1) is 0 Å². The van der Waals surface area contributed by atoms with E-state index in [-0.39, 0.29) is 0 Å². The first-order valence-electron chi connectivity index (χ1n) is 2.25. The molecule has 0 atom stereocenters. The summed E-state index contributed by atoms with van der Waals surface area (Å²) in [6.45, 7) is 7.15. The van der Waals surface area contributed by atoms with Gasteiger partial charge in [0.05, 0.1) is 0 Å². The maximum absolute atomic E-state index is 3.58. The van der Waals surface area contributed by atoms with Crippen LogP contribution in [0.25, 0.3) is 0 Å². The lowest BCUT2D eigenvalue weighted by atomic mass is 10.5. The van der Waals surface area contributed by atoms with Crippen molar-refractivity contribution in [3.63, 3.8) is 0 Å². The molecule has 0 bridgehead atoms. The van der Waals surface area contributed by atoms with E-state index in [1.165, 1.54) is 0 Å². The Labute approximate surface area is 49.3 Å². The molecule has 0 fully saturated rings. The van der Waals surface area contributed by atoms with Crippen LogP contribution >= 0.6 is 11.8 Å². The van der Waals surface area contributed by atoms with Crippen molar-refractivity contribution in [2.75, 3.05) is 5.75 Å². The summed E-state index contributed by atoms with van der Waals surface area (Å²) in [5.74, 6) is 1.12. The van der Waals surface area contributed by atoms with Gasteiger partial charge in [0.15, 0.2) is 0 Å². The van der Waals surface area contributed by atoms with E-state index in [0.717, 1.165) is 12.2 Å². The fraction of sp³-hybridized carbons (Fsp3) is 0.333. The zero-order chi connectivity index (χ0) is 5.54. The summed E-state index contributed by atoms with van der Waals surface area (Å²) in [7, 11) is 0. The average Bonchev–Trinajstić information content (AvgIpc) is 1.69. The van der Waals surface area contributed by atoms with Gasteiger partial charge in [0.2, 0.25) is 0 Å². The van der Waals surface area contributed by atoms with Gasteiger partial charge in [-0.2, -0.15) is 0 Å². The van der Waals surface area contributed by atoms with E-state index in [1.807, 2.05) is 11.5 Å². The molecule has 0 radical (unpaired) electrons. The lowest BCUT2D eigenvalue weighted by molar-refractivity contribution is 1.26. The van der Waals surface area contributed by atoms with Gasteiger partial charge in [-0.25, -0.2) is 0 Å². The van der Waals surface area contributed by atoms with Crippen LogP contribution in [0.2, 0.25) is 0 Å². The van der Waals surface area contributed by atoms with Crippen LogP contribution in [0.4, 0.5) is 0 Å². The van der Waals surface area contributed by atoms with Crippen LogP contribution in [0.3, 0.4) is 0 Å². The molecule has 0 spiro atoms. The summed E-state index contributed by atoms with van der Waals surface area (Å²) in [6.07, 6.45) is 2.99. The van der Waals surface area contributed by atoms with Gasteiger partial charge in [0.25, 0.3) is 0 Å². The quantitative estimate of drug-likeness (QED) is 0.399. The van der Waals surface area contributed by atoms with Gasteiger partial charge >= 0.3 is 0 Å². The van der Waals surface area contributed by atoms with Gasteiger partial charge < -0.3 is 0 Å². The molecule has 0 unspecified atom stereocenters. The Hall–Kier alpha value is -0.170. The maximum Gasteiger partial charge on any atom is 0.000834 e. The highest BCUT2D eigenvalue weighted by Crippen LogP contribution is 2.01. The predicted molar refractivity (Wildman–Crippen MR) is 37.5 cm³/mol. The summed E-state index contributed by atoms with van der Waals surface area (Å²) < 4.78 is 0. The SMILES string of the molecule is C=CCCSC=C. The molecule has 0 saturated carbocycles.